The highest BCUT2D eigenvalue weighted by atomic mass is 79.9. The molecule has 0 aliphatic heterocycles. The van der Waals surface area contributed by atoms with Gasteiger partial charge >= 0.3 is 0 Å². The van der Waals surface area contributed by atoms with Crippen LogP contribution in [0.25, 0.3) is 0 Å². The van der Waals surface area contributed by atoms with Crippen molar-refractivity contribution >= 4 is 15.9 Å². The van der Waals surface area contributed by atoms with E-state index in [1.165, 1.54) is 29.4 Å². The van der Waals surface area contributed by atoms with E-state index in [0.29, 0.717) is 5.92 Å². The van der Waals surface area contributed by atoms with Crippen molar-refractivity contribution in [3.05, 3.63) is 16.4 Å². The molecule has 18 heavy (non-hydrogen) atoms. The van der Waals surface area contributed by atoms with Crippen LogP contribution in [-0.2, 0) is 6.54 Å². The lowest BCUT2D eigenvalue weighted by Gasteiger charge is -2.21. The van der Waals surface area contributed by atoms with Crippen LogP contribution in [0, 0.1) is 5.92 Å². The summed E-state index contributed by atoms with van der Waals surface area (Å²) < 4.78 is 3.41. The van der Waals surface area contributed by atoms with Gasteiger partial charge in [-0.05, 0) is 54.2 Å². The Bertz CT molecular complexity index is 375. The van der Waals surface area contributed by atoms with E-state index < -0.39 is 0 Å². The zero-order valence-corrected chi connectivity index (χ0v) is 13.0. The Morgan fingerprint density at radius 2 is 2.28 bits per heavy atom. The van der Waals surface area contributed by atoms with Crippen LogP contribution in [0.5, 0.6) is 0 Å². The van der Waals surface area contributed by atoms with E-state index in [1.54, 1.807) is 0 Å². The zero-order valence-electron chi connectivity index (χ0n) is 11.5. The SMILES string of the molecule is CCCn1ncc(Br)c1C1CCCC1CNCC. The van der Waals surface area contributed by atoms with Crippen LogP contribution in [0.1, 0.15) is 51.1 Å². The van der Waals surface area contributed by atoms with Gasteiger partial charge in [0.15, 0.2) is 0 Å². The maximum Gasteiger partial charge on any atom is 0.0635 e. The zero-order chi connectivity index (χ0) is 13.0. The molecule has 1 fully saturated rings. The molecule has 1 aromatic heterocycles. The molecular formula is C14H24BrN3. The quantitative estimate of drug-likeness (QED) is 0.870. The Labute approximate surface area is 118 Å². The van der Waals surface area contributed by atoms with Crippen LogP contribution in [0.2, 0.25) is 0 Å². The normalized spacial score (nSPS) is 23.7. The van der Waals surface area contributed by atoms with Gasteiger partial charge in [-0.3, -0.25) is 4.68 Å². The Kier molecular flexibility index (Phi) is 5.25. The van der Waals surface area contributed by atoms with Gasteiger partial charge in [0.25, 0.3) is 0 Å². The van der Waals surface area contributed by atoms with Crippen molar-refractivity contribution in [1.29, 1.82) is 0 Å². The van der Waals surface area contributed by atoms with Crippen molar-refractivity contribution in [1.82, 2.24) is 15.1 Å². The smallest absolute Gasteiger partial charge is 0.0635 e. The molecule has 1 aliphatic carbocycles. The Balaban J connectivity index is 2.15. The molecule has 102 valence electrons. The fourth-order valence-corrected chi connectivity index (χ4v) is 3.69. The summed E-state index contributed by atoms with van der Waals surface area (Å²) in [4.78, 5) is 0. The lowest BCUT2D eigenvalue weighted by molar-refractivity contribution is 0.421. The minimum Gasteiger partial charge on any atom is -0.317 e. The van der Waals surface area contributed by atoms with E-state index >= 15 is 0 Å². The van der Waals surface area contributed by atoms with Crippen LogP contribution in [0.15, 0.2) is 10.7 Å². The second kappa shape index (κ2) is 6.71. The van der Waals surface area contributed by atoms with Crippen molar-refractivity contribution in [2.45, 2.75) is 52.0 Å². The average molecular weight is 314 g/mol. The molecule has 0 radical (unpaired) electrons. The number of hydrogen-bond acceptors (Lipinski definition) is 2. The van der Waals surface area contributed by atoms with Crippen LogP contribution >= 0.6 is 15.9 Å². The molecule has 0 spiro atoms. The molecule has 3 nitrogen and oxygen atoms in total. The third-order valence-corrected chi connectivity index (χ3v) is 4.55. The summed E-state index contributed by atoms with van der Waals surface area (Å²) in [7, 11) is 0. The molecule has 2 atom stereocenters. The molecule has 1 N–H and O–H groups in total. The summed E-state index contributed by atoms with van der Waals surface area (Å²) in [5.41, 5.74) is 1.43. The first-order chi connectivity index (χ1) is 8.77. The second-order valence-corrected chi connectivity index (χ2v) is 6.06. The van der Waals surface area contributed by atoms with Gasteiger partial charge in [0.1, 0.15) is 0 Å². The Morgan fingerprint density at radius 1 is 1.44 bits per heavy atom. The van der Waals surface area contributed by atoms with Crippen LogP contribution < -0.4 is 5.32 Å². The molecular weight excluding hydrogens is 290 g/mol. The molecule has 1 aromatic rings. The maximum atomic E-state index is 4.51. The second-order valence-electron chi connectivity index (χ2n) is 5.21. The van der Waals surface area contributed by atoms with Gasteiger partial charge in [0, 0.05) is 12.5 Å². The van der Waals surface area contributed by atoms with E-state index in [2.05, 4.69) is 44.9 Å². The Morgan fingerprint density at radius 3 is 3.00 bits per heavy atom. The third kappa shape index (κ3) is 2.97. The molecule has 1 heterocycles. The summed E-state index contributed by atoms with van der Waals surface area (Å²) in [5.74, 6) is 1.45. The predicted molar refractivity (Wildman–Crippen MR) is 78.8 cm³/mol. The summed E-state index contributed by atoms with van der Waals surface area (Å²) in [6.45, 7) is 7.64. The third-order valence-electron chi connectivity index (χ3n) is 3.94. The summed E-state index contributed by atoms with van der Waals surface area (Å²) in [6.07, 6.45) is 7.12. The van der Waals surface area contributed by atoms with Crippen LogP contribution in [0.3, 0.4) is 0 Å². The Hall–Kier alpha value is -0.350. The summed E-state index contributed by atoms with van der Waals surface area (Å²) in [6, 6.07) is 0. The standard InChI is InChI=1S/C14H24BrN3/c1-3-8-18-14(13(15)10-17-18)12-7-5-6-11(12)9-16-4-2/h10-12,16H,3-9H2,1-2H3. The topological polar surface area (TPSA) is 29.9 Å². The number of nitrogens with one attached hydrogen (secondary N) is 1. The van der Waals surface area contributed by atoms with Gasteiger partial charge < -0.3 is 5.32 Å². The summed E-state index contributed by atoms with van der Waals surface area (Å²) in [5, 5.41) is 8.02. The van der Waals surface area contributed by atoms with Crippen molar-refractivity contribution in [2.24, 2.45) is 5.92 Å². The number of aryl methyl sites for hydroxylation is 1. The molecule has 0 amide bonds. The first-order valence-electron chi connectivity index (χ1n) is 7.19. The number of aromatic nitrogens is 2. The molecule has 2 rings (SSSR count). The largest absolute Gasteiger partial charge is 0.317 e. The van der Waals surface area contributed by atoms with E-state index in [1.807, 2.05) is 6.20 Å². The fraction of sp³-hybridized carbons (Fsp3) is 0.786. The van der Waals surface area contributed by atoms with Crippen molar-refractivity contribution < 1.29 is 0 Å². The van der Waals surface area contributed by atoms with Gasteiger partial charge in [0.2, 0.25) is 0 Å². The van der Waals surface area contributed by atoms with Gasteiger partial charge in [-0.2, -0.15) is 5.10 Å². The lowest BCUT2D eigenvalue weighted by atomic mass is 9.92. The lowest BCUT2D eigenvalue weighted by Crippen LogP contribution is -2.25. The fourth-order valence-electron chi connectivity index (χ4n) is 3.10. The number of nitrogens with zero attached hydrogens (tertiary/aromatic N) is 2. The predicted octanol–water partition coefficient (Wildman–Crippen LogP) is 3.55. The van der Waals surface area contributed by atoms with E-state index in [0.717, 1.165) is 32.0 Å². The van der Waals surface area contributed by atoms with Gasteiger partial charge in [-0.1, -0.05) is 20.3 Å². The first kappa shape index (κ1) is 14.1. The van der Waals surface area contributed by atoms with Crippen molar-refractivity contribution in [3.8, 4) is 0 Å². The highest BCUT2D eigenvalue weighted by molar-refractivity contribution is 9.10. The van der Waals surface area contributed by atoms with E-state index in [-0.39, 0.29) is 0 Å². The van der Waals surface area contributed by atoms with Crippen molar-refractivity contribution in [2.75, 3.05) is 13.1 Å². The molecule has 2 unspecified atom stereocenters. The van der Waals surface area contributed by atoms with E-state index in [4.69, 9.17) is 0 Å². The molecule has 4 heteroatoms. The molecule has 0 bridgehead atoms. The number of rotatable bonds is 6. The first-order valence-corrected chi connectivity index (χ1v) is 7.99. The highest BCUT2D eigenvalue weighted by Gasteiger charge is 2.32. The van der Waals surface area contributed by atoms with Gasteiger partial charge in [0.05, 0.1) is 16.4 Å². The monoisotopic (exact) mass is 313 g/mol. The number of hydrogen-bond donors (Lipinski definition) is 1. The van der Waals surface area contributed by atoms with E-state index in [9.17, 15) is 0 Å². The van der Waals surface area contributed by atoms with Gasteiger partial charge in [-0.15, -0.1) is 0 Å². The molecule has 1 saturated carbocycles. The minimum atomic E-state index is 0.674. The molecule has 0 saturated heterocycles. The molecule has 0 aromatic carbocycles. The minimum absolute atomic E-state index is 0.674. The average Bonchev–Trinajstić information content (AvgIpc) is 2.94. The summed E-state index contributed by atoms with van der Waals surface area (Å²) >= 11 is 3.69. The number of halogens is 1. The van der Waals surface area contributed by atoms with Crippen molar-refractivity contribution in [3.63, 3.8) is 0 Å². The van der Waals surface area contributed by atoms with Gasteiger partial charge in [-0.25, -0.2) is 0 Å². The van der Waals surface area contributed by atoms with Crippen LogP contribution in [0.4, 0.5) is 0 Å². The molecule has 1 aliphatic rings. The maximum absolute atomic E-state index is 4.51. The van der Waals surface area contributed by atoms with Crippen LogP contribution in [-0.4, -0.2) is 22.9 Å². The highest BCUT2D eigenvalue weighted by Crippen LogP contribution is 2.41.